The number of anilines is 1. The summed E-state index contributed by atoms with van der Waals surface area (Å²) in [5.74, 6) is -0.377. The lowest BCUT2D eigenvalue weighted by Gasteiger charge is -2.15. The summed E-state index contributed by atoms with van der Waals surface area (Å²) < 4.78 is 39.6. The lowest BCUT2D eigenvalue weighted by Crippen LogP contribution is -2.28. The monoisotopic (exact) mass is 295 g/mol. The molecule has 0 spiro atoms. The summed E-state index contributed by atoms with van der Waals surface area (Å²) in [4.78, 5) is 3.78. The van der Waals surface area contributed by atoms with Crippen molar-refractivity contribution in [2.45, 2.75) is 18.0 Å². The summed E-state index contributed by atoms with van der Waals surface area (Å²) in [7, 11) is -3.83. The van der Waals surface area contributed by atoms with Crippen molar-refractivity contribution in [3.63, 3.8) is 0 Å². The molecule has 1 aromatic heterocycles. The first kappa shape index (κ1) is 14.4. The van der Waals surface area contributed by atoms with Crippen molar-refractivity contribution in [3.8, 4) is 0 Å². The maximum atomic E-state index is 12.8. The Morgan fingerprint density at radius 3 is 2.50 bits per heavy atom. The summed E-state index contributed by atoms with van der Waals surface area (Å²) in [5, 5.41) is -0.214. The highest BCUT2D eigenvalue weighted by atomic mass is 32.2. The van der Waals surface area contributed by atoms with Crippen molar-refractivity contribution in [2.24, 2.45) is 0 Å². The van der Waals surface area contributed by atoms with Gasteiger partial charge in [-0.25, -0.2) is 22.5 Å². The number of pyridine rings is 1. The second-order valence-electron chi connectivity index (χ2n) is 4.29. The van der Waals surface area contributed by atoms with Gasteiger partial charge in [-0.15, -0.1) is 0 Å². The Balaban J connectivity index is 2.24. The molecule has 0 amide bonds. The highest BCUT2D eigenvalue weighted by Gasteiger charge is 2.21. The van der Waals surface area contributed by atoms with Gasteiger partial charge in [-0.2, -0.15) is 0 Å². The molecule has 5 nitrogen and oxygen atoms in total. The highest BCUT2D eigenvalue weighted by Crippen LogP contribution is 2.19. The van der Waals surface area contributed by atoms with Gasteiger partial charge in [-0.3, -0.25) is 0 Å². The van der Waals surface area contributed by atoms with Crippen LogP contribution in [0.15, 0.2) is 47.6 Å². The second kappa shape index (κ2) is 5.56. The number of nitrogens with zero attached hydrogens (tertiary/aromatic N) is 1. The molecule has 2 aromatic rings. The molecule has 1 aromatic carbocycles. The minimum Gasteiger partial charge on any atom is -0.396 e. The van der Waals surface area contributed by atoms with E-state index >= 15 is 0 Å². The second-order valence-corrected chi connectivity index (χ2v) is 5.92. The predicted octanol–water partition coefficient (Wildman–Crippen LogP) is 1.84. The van der Waals surface area contributed by atoms with E-state index in [0.29, 0.717) is 5.56 Å². The quantitative estimate of drug-likeness (QED) is 0.901. The SMILES string of the molecule is CC(NS(=O)(=O)c1ncccc1N)c1ccc(F)cc1. The number of nitrogens with two attached hydrogens (primary N) is 1. The van der Waals surface area contributed by atoms with E-state index in [-0.39, 0.29) is 16.5 Å². The molecule has 0 saturated carbocycles. The van der Waals surface area contributed by atoms with Gasteiger partial charge in [-0.05, 0) is 36.8 Å². The Morgan fingerprint density at radius 1 is 1.25 bits per heavy atom. The van der Waals surface area contributed by atoms with Gasteiger partial charge in [-0.1, -0.05) is 12.1 Å². The molecule has 0 fully saturated rings. The molecule has 0 saturated heterocycles. The summed E-state index contributed by atoms with van der Waals surface area (Å²) in [6.45, 7) is 1.66. The fraction of sp³-hybridized carbons (Fsp3) is 0.154. The normalized spacial score (nSPS) is 13.1. The molecule has 106 valence electrons. The first-order chi connectivity index (χ1) is 9.40. The summed E-state index contributed by atoms with van der Waals surface area (Å²) in [5.41, 5.74) is 6.33. The van der Waals surface area contributed by atoms with E-state index in [9.17, 15) is 12.8 Å². The number of hydrogen-bond acceptors (Lipinski definition) is 4. The van der Waals surface area contributed by atoms with Gasteiger partial charge >= 0.3 is 0 Å². The van der Waals surface area contributed by atoms with Crippen LogP contribution in [-0.2, 0) is 10.0 Å². The van der Waals surface area contributed by atoms with Crippen LogP contribution >= 0.6 is 0 Å². The van der Waals surface area contributed by atoms with Gasteiger partial charge in [0.25, 0.3) is 10.0 Å². The third kappa shape index (κ3) is 3.12. The zero-order valence-corrected chi connectivity index (χ0v) is 11.6. The smallest absolute Gasteiger partial charge is 0.260 e. The maximum Gasteiger partial charge on any atom is 0.260 e. The maximum absolute atomic E-state index is 12.8. The lowest BCUT2D eigenvalue weighted by molar-refractivity contribution is 0.563. The Morgan fingerprint density at radius 2 is 1.90 bits per heavy atom. The van der Waals surface area contributed by atoms with E-state index in [4.69, 9.17) is 5.73 Å². The van der Waals surface area contributed by atoms with Crippen molar-refractivity contribution in [2.75, 3.05) is 5.73 Å². The molecule has 0 radical (unpaired) electrons. The molecule has 0 aliphatic heterocycles. The van der Waals surface area contributed by atoms with E-state index in [2.05, 4.69) is 9.71 Å². The predicted molar refractivity (Wildman–Crippen MR) is 73.8 cm³/mol. The van der Waals surface area contributed by atoms with Crippen molar-refractivity contribution >= 4 is 15.7 Å². The van der Waals surface area contributed by atoms with Crippen LogP contribution in [0.25, 0.3) is 0 Å². The van der Waals surface area contributed by atoms with Crippen LogP contribution in [0.1, 0.15) is 18.5 Å². The largest absolute Gasteiger partial charge is 0.396 e. The number of benzene rings is 1. The first-order valence-electron chi connectivity index (χ1n) is 5.88. The topological polar surface area (TPSA) is 85.1 Å². The van der Waals surface area contributed by atoms with E-state index in [1.54, 1.807) is 13.0 Å². The third-order valence-corrected chi connectivity index (χ3v) is 4.27. The van der Waals surface area contributed by atoms with Crippen molar-refractivity contribution in [3.05, 3.63) is 54.0 Å². The Bertz CT molecular complexity index is 702. The van der Waals surface area contributed by atoms with E-state index in [1.807, 2.05) is 0 Å². The van der Waals surface area contributed by atoms with Crippen LogP contribution in [0.4, 0.5) is 10.1 Å². The molecule has 0 aliphatic rings. The van der Waals surface area contributed by atoms with Crippen LogP contribution in [0.5, 0.6) is 0 Å². The molecular formula is C13H14FN3O2S. The van der Waals surface area contributed by atoms with Crippen molar-refractivity contribution in [1.29, 1.82) is 0 Å². The van der Waals surface area contributed by atoms with Crippen LogP contribution in [0, 0.1) is 5.82 Å². The van der Waals surface area contributed by atoms with E-state index in [0.717, 1.165) is 0 Å². The van der Waals surface area contributed by atoms with Gasteiger partial charge < -0.3 is 5.73 Å². The number of rotatable bonds is 4. The molecule has 0 aliphatic carbocycles. The number of hydrogen-bond donors (Lipinski definition) is 2. The summed E-state index contributed by atoms with van der Waals surface area (Å²) in [6, 6.07) is 8.07. The van der Waals surface area contributed by atoms with Crippen molar-refractivity contribution < 1.29 is 12.8 Å². The molecule has 0 bridgehead atoms. The lowest BCUT2D eigenvalue weighted by atomic mass is 10.1. The average Bonchev–Trinajstić information content (AvgIpc) is 2.39. The zero-order valence-electron chi connectivity index (χ0n) is 10.7. The van der Waals surface area contributed by atoms with Gasteiger partial charge in [0, 0.05) is 12.2 Å². The van der Waals surface area contributed by atoms with Crippen LogP contribution in [0.2, 0.25) is 0 Å². The van der Waals surface area contributed by atoms with Gasteiger partial charge in [0.15, 0.2) is 5.03 Å². The minimum atomic E-state index is -3.83. The molecule has 1 heterocycles. The van der Waals surface area contributed by atoms with Crippen molar-refractivity contribution in [1.82, 2.24) is 9.71 Å². The number of nitrogens with one attached hydrogen (secondary N) is 1. The van der Waals surface area contributed by atoms with Crippen LogP contribution < -0.4 is 10.5 Å². The summed E-state index contributed by atoms with van der Waals surface area (Å²) in [6.07, 6.45) is 1.35. The molecule has 20 heavy (non-hydrogen) atoms. The van der Waals surface area contributed by atoms with E-state index < -0.39 is 16.1 Å². The Hall–Kier alpha value is -1.99. The molecule has 1 atom stereocenters. The molecule has 7 heteroatoms. The molecule has 3 N–H and O–H groups in total. The van der Waals surface area contributed by atoms with Gasteiger partial charge in [0.1, 0.15) is 5.82 Å². The Kier molecular flexibility index (Phi) is 4.01. The van der Waals surface area contributed by atoms with Crippen LogP contribution in [0.3, 0.4) is 0 Å². The molecule has 1 unspecified atom stereocenters. The number of aromatic nitrogens is 1. The first-order valence-corrected chi connectivity index (χ1v) is 7.37. The fourth-order valence-electron chi connectivity index (χ4n) is 1.74. The number of nitrogen functional groups attached to an aromatic ring is 1. The molecular weight excluding hydrogens is 281 g/mol. The number of halogens is 1. The minimum absolute atomic E-state index is 0.0753. The highest BCUT2D eigenvalue weighted by molar-refractivity contribution is 7.89. The van der Waals surface area contributed by atoms with E-state index in [1.165, 1.54) is 36.5 Å². The van der Waals surface area contributed by atoms with Gasteiger partial charge in [0.05, 0.1) is 5.69 Å². The average molecular weight is 295 g/mol. The van der Waals surface area contributed by atoms with Gasteiger partial charge in [0.2, 0.25) is 0 Å². The third-order valence-electron chi connectivity index (χ3n) is 2.76. The number of sulfonamides is 1. The fourth-order valence-corrected chi connectivity index (χ4v) is 3.03. The Labute approximate surface area is 116 Å². The zero-order chi connectivity index (χ0) is 14.8. The standard InChI is InChI=1S/C13H14FN3O2S/c1-9(10-4-6-11(14)7-5-10)17-20(18,19)13-12(15)3-2-8-16-13/h2-9,17H,15H2,1H3. The molecule has 2 rings (SSSR count). The summed E-state index contributed by atoms with van der Waals surface area (Å²) >= 11 is 0. The van der Waals surface area contributed by atoms with Crippen LogP contribution in [-0.4, -0.2) is 13.4 Å².